The van der Waals surface area contributed by atoms with Crippen LogP contribution in [-0.2, 0) is 4.79 Å². The van der Waals surface area contributed by atoms with Gasteiger partial charge in [-0.05, 0) is 26.0 Å². The number of hydrogen-bond acceptors (Lipinski definition) is 4. The molecule has 1 aromatic rings. The minimum absolute atomic E-state index is 0.261. The molecule has 2 heterocycles. The third-order valence-corrected chi connectivity index (χ3v) is 2.14. The molecule has 5 heteroatoms. The van der Waals surface area contributed by atoms with Gasteiger partial charge in [0.05, 0.1) is 0 Å². The molecular weight excluding hydrogens is 196 g/mol. The molecule has 0 radical (unpaired) electrons. The van der Waals surface area contributed by atoms with Crippen molar-refractivity contribution in [3.05, 3.63) is 17.8 Å². The number of amides is 1. The van der Waals surface area contributed by atoms with Gasteiger partial charge in [0.25, 0.3) is 5.91 Å². The highest BCUT2D eigenvalue weighted by Gasteiger charge is 2.35. The van der Waals surface area contributed by atoms with Gasteiger partial charge in [-0.2, -0.15) is 0 Å². The Balaban J connectivity index is 2.45. The standard InChI is InChI=1S/C10H10N2O3/c1-10(2)9(14)12-8-7(15-10)4-3-6(5-13)11-8/h3-5H,1-2H3,(H,11,12,14). The van der Waals surface area contributed by atoms with Crippen LogP contribution in [0.4, 0.5) is 5.82 Å². The second kappa shape index (κ2) is 3.05. The fourth-order valence-electron chi connectivity index (χ4n) is 1.28. The molecule has 0 bridgehead atoms. The van der Waals surface area contributed by atoms with Crippen LogP contribution in [0.5, 0.6) is 5.75 Å². The Morgan fingerprint density at radius 1 is 1.47 bits per heavy atom. The number of ether oxygens (including phenoxy) is 1. The van der Waals surface area contributed by atoms with Crippen molar-refractivity contribution in [2.24, 2.45) is 0 Å². The molecule has 0 fully saturated rings. The van der Waals surface area contributed by atoms with Gasteiger partial charge < -0.3 is 10.1 Å². The summed E-state index contributed by atoms with van der Waals surface area (Å²) in [5.41, 5.74) is -0.644. The van der Waals surface area contributed by atoms with Crippen molar-refractivity contribution in [2.75, 3.05) is 5.32 Å². The number of carbonyl (C=O) groups excluding carboxylic acids is 2. The molecule has 2 rings (SSSR count). The fraction of sp³-hybridized carbons (Fsp3) is 0.300. The Morgan fingerprint density at radius 2 is 2.20 bits per heavy atom. The number of aromatic nitrogens is 1. The highest BCUT2D eigenvalue weighted by Crippen LogP contribution is 2.31. The van der Waals surface area contributed by atoms with Crippen molar-refractivity contribution in [1.82, 2.24) is 4.98 Å². The fourth-order valence-corrected chi connectivity index (χ4v) is 1.28. The molecule has 1 aliphatic heterocycles. The normalized spacial score (nSPS) is 17.3. The van der Waals surface area contributed by atoms with E-state index >= 15 is 0 Å². The highest BCUT2D eigenvalue weighted by atomic mass is 16.5. The van der Waals surface area contributed by atoms with Crippen LogP contribution in [-0.4, -0.2) is 22.8 Å². The van der Waals surface area contributed by atoms with E-state index in [1.54, 1.807) is 26.0 Å². The van der Waals surface area contributed by atoms with E-state index in [9.17, 15) is 9.59 Å². The first-order valence-corrected chi connectivity index (χ1v) is 4.49. The molecular formula is C10H10N2O3. The third kappa shape index (κ3) is 1.56. The van der Waals surface area contributed by atoms with Gasteiger partial charge in [-0.1, -0.05) is 0 Å². The Kier molecular flexibility index (Phi) is 1.96. The number of aldehydes is 1. The Morgan fingerprint density at radius 3 is 2.87 bits per heavy atom. The molecule has 15 heavy (non-hydrogen) atoms. The number of pyridine rings is 1. The number of hydrogen-bond donors (Lipinski definition) is 1. The average Bonchev–Trinajstić information content (AvgIpc) is 2.19. The molecule has 0 unspecified atom stereocenters. The van der Waals surface area contributed by atoms with Crippen LogP contribution >= 0.6 is 0 Å². The van der Waals surface area contributed by atoms with E-state index < -0.39 is 5.60 Å². The molecule has 0 atom stereocenters. The molecule has 0 spiro atoms. The quantitative estimate of drug-likeness (QED) is 0.696. The zero-order valence-electron chi connectivity index (χ0n) is 8.40. The molecule has 0 aromatic carbocycles. The molecule has 78 valence electrons. The van der Waals surface area contributed by atoms with Crippen molar-refractivity contribution < 1.29 is 14.3 Å². The summed E-state index contributed by atoms with van der Waals surface area (Å²) in [5.74, 6) is 0.500. The lowest BCUT2D eigenvalue weighted by molar-refractivity contribution is -0.129. The lowest BCUT2D eigenvalue weighted by atomic mass is 10.1. The summed E-state index contributed by atoms with van der Waals surface area (Å²) in [6, 6.07) is 3.16. The minimum atomic E-state index is -0.905. The second-order valence-corrected chi connectivity index (χ2v) is 3.77. The van der Waals surface area contributed by atoms with Crippen molar-refractivity contribution in [3.8, 4) is 5.75 Å². The van der Waals surface area contributed by atoms with Crippen LogP contribution in [0.1, 0.15) is 24.3 Å². The third-order valence-electron chi connectivity index (χ3n) is 2.14. The van der Waals surface area contributed by atoms with Crippen LogP contribution < -0.4 is 10.1 Å². The van der Waals surface area contributed by atoms with Crippen molar-refractivity contribution in [1.29, 1.82) is 0 Å². The van der Waals surface area contributed by atoms with Crippen LogP contribution in [0.25, 0.3) is 0 Å². The van der Waals surface area contributed by atoms with Gasteiger partial charge in [-0.15, -0.1) is 0 Å². The summed E-state index contributed by atoms with van der Waals surface area (Å²) in [6.45, 7) is 3.33. The topological polar surface area (TPSA) is 68.3 Å². The smallest absolute Gasteiger partial charge is 0.269 e. The molecule has 1 aliphatic rings. The van der Waals surface area contributed by atoms with E-state index in [1.165, 1.54) is 0 Å². The molecule has 1 amide bonds. The largest absolute Gasteiger partial charge is 0.474 e. The number of fused-ring (bicyclic) bond motifs is 1. The maximum atomic E-state index is 11.5. The van der Waals surface area contributed by atoms with Crippen LogP contribution in [0.2, 0.25) is 0 Å². The van der Waals surface area contributed by atoms with Crippen molar-refractivity contribution >= 4 is 18.0 Å². The van der Waals surface area contributed by atoms with Crippen molar-refractivity contribution in [3.63, 3.8) is 0 Å². The summed E-state index contributed by atoms with van der Waals surface area (Å²) < 4.78 is 5.44. The number of carbonyl (C=O) groups is 2. The summed E-state index contributed by atoms with van der Waals surface area (Å²) in [4.78, 5) is 25.9. The molecule has 0 saturated heterocycles. The lowest BCUT2D eigenvalue weighted by Crippen LogP contribution is -2.46. The first-order valence-electron chi connectivity index (χ1n) is 4.49. The maximum Gasteiger partial charge on any atom is 0.269 e. The van der Waals surface area contributed by atoms with Crippen molar-refractivity contribution in [2.45, 2.75) is 19.4 Å². The van der Waals surface area contributed by atoms with Gasteiger partial charge in [-0.25, -0.2) is 4.98 Å². The molecule has 1 aromatic heterocycles. The number of nitrogens with zero attached hydrogens (tertiary/aromatic N) is 1. The van der Waals surface area contributed by atoms with E-state index in [0.717, 1.165) is 0 Å². The van der Waals surface area contributed by atoms with Gasteiger partial charge in [-0.3, -0.25) is 9.59 Å². The monoisotopic (exact) mass is 206 g/mol. The Labute approximate surface area is 86.5 Å². The predicted octanol–water partition coefficient (Wildman–Crippen LogP) is 1.00. The molecule has 5 nitrogen and oxygen atoms in total. The van der Waals surface area contributed by atoms with Gasteiger partial charge in [0.2, 0.25) is 0 Å². The molecule has 0 saturated carbocycles. The first kappa shape index (κ1) is 9.64. The van der Waals surface area contributed by atoms with E-state index in [4.69, 9.17) is 4.74 Å². The van der Waals surface area contributed by atoms with Crippen LogP contribution in [0, 0.1) is 0 Å². The predicted molar refractivity (Wildman–Crippen MR) is 53.0 cm³/mol. The summed E-state index contributed by atoms with van der Waals surface area (Å²) in [7, 11) is 0. The molecule has 0 aliphatic carbocycles. The second-order valence-electron chi connectivity index (χ2n) is 3.77. The number of anilines is 1. The number of rotatable bonds is 1. The van der Waals surface area contributed by atoms with Gasteiger partial charge in [0, 0.05) is 0 Å². The Bertz CT molecular complexity index is 440. The van der Waals surface area contributed by atoms with Crippen LogP contribution in [0.3, 0.4) is 0 Å². The van der Waals surface area contributed by atoms with Gasteiger partial charge in [0.1, 0.15) is 5.69 Å². The minimum Gasteiger partial charge on any atom is -0.474 e. The van der Waals surface area contributed by atoms with Crippen LogP contribution in [0.15, 0.2) is 12.1 Å². The first-order chi connectivity index (χ1) is 7.03. The van der Waals surface area contributed by atoms with Gasteiger partial charge >= 0.3 is 0 Å². The average molecular weight is 206 g/mol. The molecule has 1 N–H and O–H groups in total. The zero-order valence-corrected chi connectivity index (χ0v) is 8.40. The van der Waals surface area contributed by atoms with E-state index in [1.807, 2.05) is 0 Å². The lowest BCUT2D eigenvalue weighted by Gasteiger charge is -2.30. The SMILES string of the molecule is CC1(C)Oc2ccc(C=O)nc2NC1=O. The summed E-state index contributed by atoms with van der Waals surface area (Å²) in [6.07, 6.45) is 0.617. The summed E-state index contributed by atoms with van der Waals surface area (Å²) in [5, 5.41) is 2.59. The zero-order chi connectivity index (χ0) is 11.1. The van der Waals surface area contributed by atoms with Gasteiger partial charge in [0.15, 0.2) is 23.5 Å². The highest BCUT2D eigenvalue weighted by molar-refractivity contribution is 5.99. The van der Waals surface area contributed by atoms with E-state index in [0.29, 0.717) is 17.9 Å². The van der Waals surface area contributed by atoms with E-state index in [-0.39, 0.29) is 11.6 Å². The van der Waals surface area contributed by atoms with E-state index in [2.05, 4.69) is 10.3 Å². The summed E-state index contributed by atoms with van der Waals surface area (Å²) >= 11 is 0. The Hall–Kier alpha value is -1.91. The maximum absolute atomic E-state index is 11.5. The number of nitrogens with one attached hydrogen (secondary N) is 1.